The number of fused-ring (bicyclic) bond motifs is 1. The number of aliphatic hydroxyl groups is 1. The zero-order valence-electron chi connectivity index (χ0n) is 17.2. The van der Waals surface area contributed by atoms with Gasteiger partial charge in [0.15, 0.2) is 5.96 Å². The predicted molar refractivity (Wildman–Crippen MR) is 118 cm³/mol. The Kier molecular flexibility index (Phi) is 8.19. The summed E-state index contributed by atoms with van der Waals surface area (Å²) in [5.41, 5.74) is -0.749. The van der Waals surface area contributed by atoms with E-state index in [1.165, 1.54) is 0 Å². The number of aliphatic imine (C=N–C) groups is 1. The van der Waals surface area contributed by atoms with Crippen molar-refractivity contribution >= 4 is 29.9 Å². The molecule has 0 aromatic heterocycles. The van der Waals surface area contributed by atoms with E-state index in [9.17, 15) is 5.11 Å². The van der Waals surface area contributed by atoms with Crippen molar-refractivity contribution in [2.24, 2.45) is 16.3 Å². The molecule has 0 aromatic rings. The van der Waals surface area contributed by atoms with Crippen molar-refractivity contribution in [3.05, 3.63) is 0 Å². The number of nitrogens with zero attached hydrogens (tertiary/aromatic N) is 2. The fourth-order valence-corrected chi connectivity index (χ4v) is 4.62. The van der Waals surface area contributed by atoms with E-state index >= 15 is 0 Å². The van der Waals surface area contributed by atoms with Gasteiger partial charge >= 0.3 is 0 Å². The number of ether oxygens (including phenoxy) is 2. The van der Waals surface area contributed by atoms with E-state index in [2.05, 4.69) is 36.3 Å². The lowest BCUT2D eigenvalue weighted by molar-refractivity contribution is -0.106. The average Bonchev–Trinajstić information content (AvgIpc) is 3.05. The molecule has 2 heterocycles. The maximum atomic E-state index is 10.8. The Morgan fingerprint density at radius 3 is 2.67 bits per heavy atom. The number of guanidine groups is 1. The predicted octanol–water partition coefficient (Wildman–Crippen LogP) is 1.06. The molecule has 0 radical (unpaired) electrons. The maximum Gasteiger partial charge on any atom is 0.191 e. The summed E-state index contributed by atoms with van der Waals surface area (Å²) in [5, 5.41) is 17.7. The minimum absolute atomic E-state index is 0. The number of morpholine rings is 1. The second-order valence-corrected chi connectivity index (χ2v) is 8.77. The van der Waals surface area contributed by atoms with Crippen LogP contribution in [0.1, 0.15) is 34.1 Å². The maximum absolute atomic E-state index is 10.8. The van der Waals surface area contributed by atoms with Gasteiger partial charge in [-0.25, -0.2) is 0 Å². The molecule has 3 N–H and O–H groups in total. The van der Waals surface area contributed by atoms with Gasteiger partial charge in [-0.1, -0.05) is 13.8 Å². The Hall–Kier alpha value is -0.160. The monoisotopic (exact) mass is 496 g/mol. The number of halogens is 1. The van der Waals surface area contributed by atoms with Crippen LogP contribution in [0.25, 0.3) is 0 Å². The third-order valence-electron chi connectivity index (χ3n) is 5.98. The van der Waals surface area contributed by atoms with Crippen molar-refractivity contribution in [3.63, 3.8) is 0 Å². The highest BCUT2D eigenvalue weighted by Gasteiger charge is 2.59. The molecule has 0 spiro atoms. The summed E-state index contributed by atoms with van der Waals surface area (Å²) >= 11 is 0. The molecule has 4 atom stereocenters. The molecular weight excluding hydrogens is 459 g/mol. The summed E-state index contributed by atoms with van der Waals surface area (Å²) in [7, 11) is 0. The number of rotatable bonds is 6. The molecule has 4 unspecified atom stereocenters. The van der Waals surface area contributed by atoms with E-state index in [0.29, 0.717) is 31.2 Å². The van der Waals surface area contributed by atoms with E-state index in [1.54, 1.807) is 0 Å². The lowest BCUT2D eigenvalue weighted by atomic mass is 9.57. The van der Waals surface area contributed by atoms with E-state index in [4.69, 9.17) is 14.5 Å². The summed E-state index contributed by atoms with van der Waals surface area (Å²) < 4.78 is 11.3. The van der Waals surface area contributed by atoms with Crippen molar-refractivity contribution in [1.29, 1.82) is 0 Å². The van der Waals surface area contributed by atoms with Crippen LogP contribution >= 0.6 is 24.0 Å². The van der Waals surface area contributed by atoms with Gasteiger partial charge in [-0.15, -0.1) is 24.0 Å². The van der Waals surface area contributed by atoms with Crippen molar-refractivity contribution in [2.75, 3.05) is 52.5 Å². The van der Waals surface area contributed by atoms with Crippen molar-refractivity contribution in [2.45, 2.75) is 51.9 Å². The van der Waals surface area contributed by atoms with Crippen molar-refractivity contribution in [3.8, 4) is 0 Å². The minimum Gasteiger partial charge on any atom is -0.387 e. The molecule has 2 aliphatic heterocycles. The Morgan fingerprint density at radius 1 is 1.30 bits per heavy atom. The normalized spacial score (nSPS) is 32.6. The Balaban J connectivity index is 0.00000261. The van der Waals surface area contributed by atoms with E-state index in [-0.39, 0.29) is 29.4 Å². The van der Waals surface area contributed by atoms with Crippen LogP contribution in [-0.2, 0) is 9.47 Å². The highest BCUT2D eigenvalue weighted by Crippen LogP contribution is 2.52. The van der Waals surface area contributed by atoms with Gasteiger partial charge in [-0.3, -0.25) is 9.89 Å². The topological polar surface area (TPSA) is 78.4 Å². The third-order valence-corrected chi connectivity index (χ3v) is 5.98. The number of hydrogen-bond donors (Lipinski definition) is 3. The van der Waals surface area contributed by atoms with Crippen LogP contribution in [0.2, 0.25) is 0 Å². The number of nitrogens with one attached hydrogen (secondary N) is 2. The van der Waals surface area contributed by atoms with Crippen LogP contribution in [-0.4, -0.2) is 86.3 Å². The third kappa shape index (κ3) is 5.46. The van der Waals surface area contributed by atoms with Gasteiger partial charge in [0.1, 0.15) is 0 Å². The van der Waals surface area contributed by atoms with Crippen LogP contribution in [0.15, 0.2) is 4.99 Å². The van der Waals surface area contributed by atoms with Crippen LogP contribution < -0.4 is 10.6 Å². The first-order chi connectivity index (χ1) is 12.3. The minimum atomic E-state index is -0.853. The summed E-state index contributed by atoms with van der Waals surface area (Å²) in [6.45, 7) is 14.3. The molecule has 0 bridgehead atoms. The van der Waals surface area contributed by atoms with Gasteiger partial charge in [-0.2, -0.15) is 0 Å². The summed E-state index contributed by atoms with van der Waals surface area (Å²) in [6, 6.07) is 0.358. The second-order valence-electron chi connectivity index (χ2n) is 8.77. The molecule has 7 nitrogen and oxygen atoms in total. The van der Waals surface area contributed by atoms with Gasteiger partial charge < -0.3 is 25.2 Å². The van der Waals surface area contributed by atoms with Gasteiger partial charge in [0.05, 0.1) is 31.5 Å². The Labute approximate surface area is 180 Å². The summed E-state index contributed by atoms with van der Waals surface area (Å²) in [4.78, 5) is 6.94. The standard InChI is InChI=1S/C19H36N4O3.HI/c1-5-20-17(22-15-14-6-9-26-16(14)18(15,2)3)21-12-19(4,24)13-23-7-10-25-11-8-23;/h14-16,24H,5-13H2,1-4H3,(H2,20,21,22);1H. The van der Waals surface area contributed by atoms with Crippen molar-refractivity contribution in [1.82, 2.24) is 15.5 Å². The second kappa shape index (κ2) is 9.56. The molecule has 158 valence electrons. The summed E-state index contributed by atoms with van der Waals surface area (Å²) in [6.07, 6.45) is 1.47. The number of β-amino-alcohol motifs (C(OH)–C–C–N with tert-alkyl or cyclic N) is 1. The SMILES string of the molecule is CCNC(=NCC(C)(O)CN1CCOCC1)NC1C2CCOC2C1(C)C.I. The summed E-state index contributed by atoms with van der Waals surface area (Å²) in [5.74, 6) is 1.35. The smallest absolute Gasteiger partial charge is 0.191 e. The highest BCUT2D eigenvalue weighted by atomic mass is 127. The molecule has 0 aromatic carbocycles. The van der Waals surface area contributed by atoms with Gasteiger partial charge in [0, 0.05) is 50.2 Å². The first kappa shape index (κ1) is 23.1. The van der Waals surface area contributed by atoms with Crippen LogP contribution in [0.3, 0.4) is 0 Å². The molecule has 1 saturated carbocycles. The quantitative estimate of drug-likeness (QED) is 0.290. The molecule has 27 heavy (non-hydrogen) atoms. The average molecular weight is 496 g/mol. The lowest BCUT2D eigenvalue weighted by Crippen LogP contribution is -2.68. The lowest BCUT2D eigenvalue weighted by Gasteiger charge is -2.55. The van der Waals surface area contributed by atoms with Crippen LogP contribution in [0, 0.1) is 11.3 Å². The van der Waals surface area contributed by atoms with Crippen LogP contribution in [0.5, 0.6) is 0 Å². The van der Waals surface area contributed by atoms with E-state index < -0.39 is 5.60 Å². The molecule has 1 aliphatic carbocycles. The van der Waals surface area contributed by atoms with Gasteiger partial charge in [-0.05, 0) is 20.3 Å². The Bertz CT molecular complexity index is 509. The number of hydrogen-bond acceptors (Lipinski definition) is 5. The fraction of sp³-hybridized carbons (Fsp3) is 0.947. The van der Waals surface area contributed by atoms with Crippen LogP contribution in [0.4, 0.5) is 0 Å². The largest absolute Gasteiger partial charge is 0.387 e. The first-order valence-corrected chi connectivity index (χ1v) is 10.0. The molecule has 3 aliphatic rings. The molecule has 0 amide bonds. The van der Waals surface area contributed by atoms with E-state index in [1.807, 2.05) is 6.92 Å². The molecular formula is C19H37IN4O3. The van der Waals surface area contributed by atoms with Gasteiger partial charge in [0.2, 0.25) is 0 Å². The zero-order chi connectivity index (χ0) is 18.8. The van der Waals surface area contributed by atoms with E-state index in [0.717, 1.165) is 51.8 Å². The molecule has 3 fully saturated rings. The zero-order valence-corrected chi connectivity index (χ0v) is 19.5. The van der Waals surface area contributed by atoms with Gasteiger partial charge in [0.25, 0.3) is 0 Å². The Morgan fingerprint density at radius 2 is 2.00 bits per heavy atom. The molecule has 8 heteroatoms. The molecule has 2 saturated heterocycles. The highest BCUT2D eigenvalue weighted by molar-refractivity contribution is 14.0. The fourth-order valence-electron chi connectivity index (χ4n) is 4.62. The van der Waals surface area contributed by atoms with Crippen molar-refractivity contribution < 1.29 is 14.6 Å². The first-order valence-electron chi connectivity index (χ1n) is 10.0. The molecule has 3 rings (SSSR count).